The Balaban J connectivity index is 1.90. The Bertz CT molecular complexity index is 1060. The third-order valence-electron chi connectivity index (χ3n) is 4.92. The molecule has 0 bridgehead atoms. The highest BCUT2D eigenvalue weighted by Crippen LogP contribution is 2.40. The Morgan fingerprint density at radius 3 is 2.48 bits per heavy atom. The van der Waals surface area contributed by atoms with Crippen molar-refractivity contribution in [2.24, 2.45) is 0 Å². The molecule has 0 fully saturated rings. The molecule has 0 aliphatic carbocycles. The maximum Gasteiger partial charge on any atom is 0.417 e. The minimum Gasteiger partial charge on any atom is -0.370 e. The van der Waals surface area contributed by atoms with Crippen molar-refractivity contribution in [1.82, 2.24) is 9.78 Å². The molecule has 4 rings (SSSR count). The van der Waals surface area contributed by atoms with Crippen LogP contribution in [0.5, 0.6) is 0 Å². The summed E-state index contributed by atoms with van der Waals surface area (Å²) in [6, 6.07) is 11.2. The second kappa shape index (κ2) is 7.23. The first-order valence-electron chi connectivity index (χ1n) is 9.13. The van der Waals surface area contributed by atoms with Gasteiger partial charge in [-0.05, 0) is 37.5 Å². The molecule has 0 amide bonds. The maximum atomic E-state index is 13.6. The summed E-state index contributed by atoms with van der Waals surface area (Å²) in [5.74, 6) is 0.628. The number of nitrogens with zero attached hydrogens (tertiary/aromatic N) is 3. The summed E-state index contributed by atoms with van der Waals surface area (Å²) in [6.45, 7) is 0.673. The van der Waals surface area contributed by atoms with Gasteiger partial charge in [-0.15, -0.1) is 0 Å². The van der Waals surface area contributed by atoms with Crippen LogP contribution in [-0.2, 0) is 12.6 Å². The molecule has 3 aromatic rings. The van der Waals surface area contributed by atoms with Crippen molar-refractivity contribution in [1.29, 1.82) is 0 Å². The van der Waals surface area contributed by atoms with Crippen LogP contribution in [0, 0.1) is 10.1 Å². The molecule has 1 aromatic heterocycles. The molecular formula is C20H17F3N4O2. The first-order chi connectivity index (χ1) is 13.9. The van der Waals surface area contributed by atoms with Crippen LogP contribution in [0.2, 0.25) is 0 Å². The fourth-order valence-corrected chi connectivity index (χ4v) is 3.56. The van der Waals surface area contributed by atoms with Gasteiger partial charge in [0, 0.05) is 29.8 Å². The van der Waals surface area contributed by atoms with Crippen LogP contribution in [0.15, 0.2) is 48.5 Å². The molecule has 0 saturated heterocycles. The molecule has 0 spiro atoms. The van der Waals surface area contributed by atoms with Gasteiger partial charge in [-0.25, -0.2) is 4.68 Å². The number of aromatic nitrogens is 2. The number of nitro benzene ring substituents is 1. The summed E-state index contributed by atoms with van der Waals surface area (Å²) in [6.07, 6.45) is -2.20. The smallest absolute Gasteiger partial charge is 0.370 e. The van der Waals surface area contributed by atoms with Crippen LogP contribution < -0.4 is 5.32 Å². The van der Waals surface area contributed by atoms with Crippen molar-refractivity contribution >= 4 is 11.5 Å². The topological polar surface area (TPSA) is 73.0 Å². The van der Waals surface area contributed by atoms with Crippen LogP contribution in [0.4, 0.5) is 24.7 Å². The second-order valence-corrected chi connectivity index (χ2v) is 6.79. The van der Waals surface area contributed by atoms with Crippen LogP contribution in [-0.4, -0.2) is 21.2 Å². The lowest BCUT2D eigenvalue weighted by Gasteiger charge is -2.12. The van der Waals surface area contributed by atoms with Crippen molar-refractivity contribution in [2.45, 2.75) is 25.4 Å². The van der Waals surface area contributed by atoms with Crippen LogP contribution in [0.25, 0.3) is 16.9 Å². The fourth-order valence-electron chi connectivity index (χ4n) is 3.56. The summed E-state index contributed by atoms with van der Waals surface area (Å²) < 4.78 is 42.3. The predicted octanol–water partition coefficient (Wildman–Crippen LogP) is 5.21. The number of anilines is 1. The molecule has 1 aliphatic heterocycles. The van der Waals surface area contributed by atoms with Gasteiger partial charge in [-0.3, -0.25) is 10.1 Å². The van der Waals surface area contributed by atoms with Gasteiger partial charge in [0.25, 0.3) is 5.69 Å². The zero-order valence-corrected chi connectivity index (χ0v) is 15.2. The van der Waals surface area contributed by atoms with E-state index < -0.39 is 16.7 Å². The van der Waals surface area contributed by atoms with Gasteiger partial charge in [0.1, 0.15) is 5.82 Å². The van der Waals surface area contributed by atoms with Gasteiger partial charge in [0.2, 0.25) is 0 Å². The molecule has 2 aromatic carbocycles. The highest BCUT2D eigenvalue weighted by molar-refractivity contribution is 5.74. The Morgan fingerprint density at radius 1 is 1.07 bits per heavy atom. The largest absolute Gasteiger partial charge is 0.417 e. The Hall–Kier alpha value is -3.36. The number of alkyl halides is 3. The highest BCUT2D eigenvalue weighted by Gasteiger charge is 2.35. The Labute approximate surface area is 164 Å². The van der Waals surface area contributed by atoms with E-state index in [-0.39, 0.29) is 16.9 Å². The molecule has 6 nitrogen and oxygen atoms in total. The van der Waals surface area contributed by atoms with Gasteiger partial charge in [0.05, 0.1) is 21.9 Å². The number of fused-ring (bicyclic) bond motifs is 1. The summed E-state index contributed by atoms with van der Waals surface area (Å²) >= 11 is 0. The molecule has 9 heteroatoms. The monoisotopic (exact) mass is 402 g/mol. The molecule has 0 atom stereocenters. The average Bonchev–Trinajstić information content (AvgIpc) is 2.88. The molecule has 0 radical (unpaired) electrons. The zero-order valence-electron chi connectivity index (χ0n) is 15.2. The van der Waals surface area contributed by atoms with E-state index in [4.69, 9.17) is 0 Å². The van der Waals surface area contributed by atoms with Crippen LogP contribution >= 0.6 is 0 Å². The third-order valence-corrected chi connectivity index (χ3v) is 4.92. The fraction of sp³-hybridized carbons (Fsp3) is 0.250. The predicted molar refractivity (Wildman–Crippen MR) is 102 cm³/mol. The van der Waals surface area contributed by atoms with Gasteiger partial charge in [0.15, 0.2) is 0 Å². The molecule has 0 saturated carbocycles. The standard InChI is InChI=1S/C20H17F3N4O2/c21-20(22,23)17-7-2-1-5-15(17)18-16-6-3-4-12-24-19(16)26(25-18)13-8-10-14(11-9-13)27(28)29/h1-2,5,7-11,24H,3-4,6,12H2. The van der Waals surface area contributed by atoms with Gasteiger partial charge < -0.3 is 5.32 Å². The SMILES string of the molecule is O=[N+]([O-])c1ccc(-n2nc(-c3ccccc3C(F)(F)F)c3c2NCCCC3)cc1. The minimum atomic E-state index is -4.50. The van der Waals surface area contributed by atoms with Crippen molar-refractivity contribution in [3.8, 4) is 16.9 Å². The molecule has 1 N–H and O–H groups in total. The van der Waals surface area contributed by atoms with E-state index in [9.17, 15) is 23.3 Å². The molecule has 0 unspecified atom stereocenters. The van der Waals surface area contributed by atoms with E-state index in [1.165, 1.54) is 41.1 Å². The van der Waals surface area contributed by atoms with Gasteiger partial charge in [-0.1, -0.05) is 18.2 Å². The second-order valence-electron chi connectivity index (χ2n) is 6.79. The first-order valence-corrected chi connectivity index (χ1v) is 9.13. The van der Waals surface area contributed by atoms with Crippen molar-refractivity contribution in [2.75, 3.05) is 11.9 Å². The van der Waals surface area contributed by atoms with Crippen molar-refractivity contribution in [3.05, 3.63) is 69.8 Å². The molecule has 29 heavy (non-hydrogen) atoms. The summed E-state index contributed by atoms with van der Waals surface area (Å²) in [7, 11) is 0. The quantitative estimate of drug-likeness (QED) is 0.482. The molecule has 1 aliphatic rings. The number of nitro groups is 1. The highest BCUT2D eigenvalue weighted by atomic mass is 19.4. The van der Waals surface area contributed by atoms with E-state index in [0.29, 0.717) is 24.5 Å². The number of rotatable bonds is 3. The van der Waals surface area contributed by atoms with Crippen LogP contribution in [0.1, 0.15) is 24.0 Å². The number of hydrogen-bond acceptors (Lipinski definition) is 4. The third kappa shape index (κ3) is 3.55. The average molecular weight is 402 g/mol. The zero-order chi connectivity index (χ0) is 20.6. The van der Waals surface area contributed by atoms with Gasteiger partial charge in [-0.2, -0.15) is 18.3 Å². The normalized spacial score (nSPS) is 14.0. The minimum absolute atomic E-state index is 0.0283. The van der Waals surface area contributed by atoms with Crippen molar-refractivity contribution in [3.63, 3.8) is 0 Å². The number of halogens is 3. The molecule has 2 heterocycles. The summed E-state index contributed by atoms with van der Waals surface area (Å²) in [5.41, 5.74) is 0.763. The van der Waals surface area contributed by atoms with E-state index in [0.717, 1.165) is 24.5 Å². The Kier molecular flexibility index (Phi) is 4.73. The van der Waals surface area contributed by atoms with E-state index >= 15 is 0 Å². The summed E-state index contributed by atoms with van der Waals surface area (Å²) in [5, 5.41) is 18.7. The first kappa shape index (κ1) is 19.0. The Morgan fingerprint density at radius 2 is 1.79 bits per heavy atom. The number of benzene rings is 2. The van der Waals surface area contributed by atoms with Crippen LogP contribution in [0.3, 0.4) is 0 Å². The van der Waals surface area contributed by atoms with Gasteiger partial charge >= 0.3 is 6.18 Å². The van der Waals surface area contributed by atoms with Crippen molar-refractivity contribution < 1.29 is 18.1 Å². The lowest BCUT2D eigenvalue weighted by Crippen LogP contribution is -2.08. The lowest BCUT2D eigenvalue weighted by molar-refractivity contribution is -0.384. The number of hydrogen-bond donors (Lipinski definition) is 1. The molecular weight excluding hydrogens is 385 g/mol. The molecule has 150 valence electrons. The maximum absolute atomic E-state index is 13.6. The van der Waals surface area contributed by atoms with E-state index in [1.54, 1.807) is 6.07 Å². The number of nitrogens with one attached hydrogen (secondary N) is 1. The van der Waals surface area contributed by atoms with E-state index in [1.807, 2.05) is 0 Å². The lowest BCUT2D eigenvalue weighted by atomic mass is 9.99. The number of non-ortho nitro benzene ring substituents is 1. The van der Waals surface area contributed by atoms with E-state index in [2.05, 4.69) is 10.4 Å². The summed E-state index contributed by atoms with van der Waals surface area (Å²) in [4.78, 5) is 10.4.